The van der Waals surface area contributed by atoms with Crippen molar-refractivity contribution in [3.8, 4) is 11.5 Å². The summed E-state index contributed by atoms with van der Waals surface area (Å²) in [6, 6.07) is 10.8. The third kappa shape index (κ3) is 3.31. The molecular formula is C24H23BrN2O4. The number of rotatable bonds is 1. The highest BCUT2D eigenvalue weighted by atomic mass is 79.9. The highest BCUT2D eigenvalue weighted by Crippen LogP contribution is 2.51. The second kappa shape index (κ2) is 7.12. The zero-order valence-electron chi connectivity index (χ0n) is 17.6. The summed E-state index contributed by atoms with van der Waals surface area (Å²) in [5.74, 6) is 1.16. The number of benzene rings is 2. The van der Waals surface area contributed by atoms with Gasteiger partial charge in [-0.15, -0.1) is 0 Å². The number of ketones is 1. The Bertz CT molecular complexity index is 1150. The largest absolute Gasteiger partial charge is 0.454 e. The molecule has 7 heteroatoms. The Kier molecular flexibility index (Phi) is 4.62. The van der Waals surface area contributed by atoms with Crippen LogP contribution in [0.25, 0.3) is 0 Å². The molecule has 1 N–H and O–H groups in total. The monoisotopic (exact) mass is 482 g/mol. The van der Waals surface area contributed by atoms with E-state index in [0.717, 1.165) is 27.1 Å². The van der Waals surface area contributed by atoms with Crippen LogP contribution in [-0.4, -0.2) is 18.5 Å². The van der Waals surface area contributed by atoms with Gasteiger partial charge in [-0.3, -0.25) is 14.5 Å². The Balaban J connectivity index is 1.80. The van der Waals surface area contributed by atoms with E-state index in [-0.39, 0.29) is 23.9 Å². The smallest absolute Gasteiger partial charge is 0.231 e. The van der Waals surface area contributed by atoms with Gasteiger partial charge in [0.15, 0.2) is 17.3 Å². The van der Waals surface area contributed by atoms with Gasteiger partial charge < -0.3 is 14.8 Å². The molecule has 1 aliphatic carbocycles. The van der Waals surface area contributed by atoms with Gasteiger partial charge in [0.05, 0.1) is 17.4 Å². The number of para-hydroxylation sites is 2. The Morgan fingerprint density at radius 3 is 2.61 bits per heavy atom. The van der Waals surface area contributed by atoms with E-state index < -0.39 is 6.04 Å². The summed E-state index contributed by atoms with van der Waals surface area (Å²) >= 11 is 3.66. The first-order chi connectivity index (χ1) is 14.7. The van der Waals surface area contributed by atoms with Gasteiger partial charge in [0.1, 0.15) is 0 Å². The average Bonchev–Trinajstić information content (AvgIpc) is 3.07. The fourth-order valence-electron chi connectivity index (χ4n) is 4.77. The van der Waals surface area contributed by atoms with Crippen molar-refractivity contribution in [2.45, 2.75) is 39.7 Å². The average molecular weight is 483 g/mol. The van der Waals surface area contributed by atoms with Gasteiger partial charge >= 0.3 is 0 Å². The Morgan fingerprint density at radius 2 is 1.87 bits per heavy atom. The first kappa shape index (κ1) is 20.1. The van der Waals surface area contributed by atoms with Crippen LogP contribution in [0.1, 0.15) is 45.2 Å². The van der Waals surface area contributed by atoms with Crippen molar-refractivity contribution in [1.82, 2.24) is 0 Å². The Labute approximate surface area is 189 Å². The van der Waals surface area contributed by atoms with Crippen LogP contribution in [0.15, 0.2) is 52.1 Å². The maximum Gasteiger partial charge on any atom is 0.231 e. The topological polar surface area (TPSA) is 67.9 Å². The van der Waals surface area contributed by atoms with E-state index in [1.165, 1.54) is 6.92 Å². The molecular weight excluding hydrogens is 460 g/mol. The maximum atomic E-state index is 13.5. The number of nitrogens with zero attached hydrogens (tertiary/aromatic N) is 1. The molecule has 6 nitrogen and oxygen atoms in total. The molecule has 31 heavy (non-hydrogen) atoms. The summed E-state index contributed by atoms with van der Waals surface area (Å²) in [7, 11) is 0. The van der Waals surface area contributed by atoms with Crippen LogP contribution in [0.2, 0.25) is 0 Å². The molecule has 0 fully saturated rings. The van der Waals surface area contributed by atoms with Crippen molar-refractivity contribution < 1.29 is 19.1 Å². The van der Waals surface area contributed by atoms with Crippen molar-refractivity contribution in [3.05, 3.63) is 57.7 Å². The van der Waals surface area contributed by atoms with Crippen LogP contribution >= 0.6 is 15.9 Å². The molecule has 160 valence electrons. The van der Waals surface area contributed by atoms with Gasteiger partial charge in [-0.1, -0.05) is 41.9 Å². The van der Waals surface area contributed by atoms with Crippen LogP contribution in [0.4, 0.5) is 11.4 Å². The van der Waals surface area contributed by atoms with E-state index in [0.29, 0.717) is 29.9 Å². The van der Waals surface area contributed by atoms with Crippen LogP contribution in [-0.2, 0) is 9.59 Å². The molecule has 5 rings (SSSR count). The fraction of sp³-hybridized carbons (Fsp3) is 0.333. The summed E-state index contributed by atoms with van der Waals surface area (Å²) in [5.41, 5.74) is 3.68. The second-order valence-corrected chi connectivity index (χ2v) is 9.85. The zero-order valence-corrected chi connectivity index (χ0v) is 19.2. The number of carbonyl (C=O) groups excluding carboxylic acids is 2. The minimum atomic E-state index is -0.587. The van der Waals surface area contributed by atoms with Crippen molar-refractivity contribution in [1.29, 1.82) is 0 Å². The Hall–Kier alpha value is -2.80. The van der Waals surface area contributed by atoms with Crippen molar-refractivity contribution in [2.75, 3.05) is 17.0 Å². The number of nitrogens with one attached hydrogen (secondary N) is 1. The molecule has 2 aromatic carbocycles. The minimum absolute atomic E-state index is 0.0485. The zero-order chi connectivity index (χ0) is 21.9. The van der Waals surface area contributed by atoms with E-state index in [4.69, 9.17) is 9.47 Å². The standard InChI is InChI=1S/C24H23BrN2O4/c1-13(28)27-18-7-5-4-6-16(18)26-17-10-24(2,3)11-19(29)22(17)23(27)14-8-20-21(9-15(14)25)31-12-30-20/h4-9,23,26H,10-12H2,1-3H3. The molecule has 0 bridgehead atoms. The third-order valence-corrected chi connectivity index (χ3v) is 6.71. The van der Waals surface area contributed by atoms with Crippen molar-refractivity contribution in [3.63, 3.8) is 0 Å². The summed E-state index contributed by atoms with van der Waals surface area (Å²) in [6.45, 7) is 5.88. The number of amides is 1. The van der Waals surface area contributed by atoms with Crippen molar-refractivity contribution in [2.24, 2.45) is 5.41 Å². The number of hydrogen-bond acceptors (Lipinski definition) is 5. The third-order valence-electron chi connectivity index (χ3n) is 6.03. The lowest BCUT2D eigenvalue weighted by molar-refractivity contribution is -0.118. The lowest BCUT2D eigenvalue weighted by atomic mass is 9.73. The molecule has 1 amide bonds. The first-order valence-corrected chi connectivity index (χ1v) is 11.1. The van der Waals surface area contributed by atoms with E-state index in [1.807, 2.05) is 36.4 Å². The van der Waals surface area contributed by atoms with E-state index in [2.05, 4.69) is 35.1 Å². The summed E-state index contributed by atoms with van der Waals surface area (Å²) in [6.07, 6.45) is 1.14. The van der Waals surface area contributed by atoms with E-state index >= 15 is 0 Å². The van der Waals surface area contributed by atoms with Gasteiger partial charge in [-0.2, -0.15) is 0 Å². The van der Waals surface area contributed by atoms with Crippen LogP contribution in [0.5, 0.6) is 11.5 Å². The summed E-state index contributed by atoms with van der Waals surface area (Å²) in [5, 5.41) is 3.50. The van der Waals surface area contributed by atoms with E-state index in [1.54, 1.807) is 4.90 Å². The van der Waals surface area contributed by atoms with Gasteiger partial charge in [0.2, 0.25) is 12.7 Å². The SMILES string of the molecule is CC(=O)N1c2ccccc2NC2=C(C(=O)CC(C)(C)C2)C1c1cc2c(cc1Br)OCO2. The summed E-state index contributed by atoms with van der Waals surface area (Å²) < 4.78 is 11.9. The van der Waals surface area contributed by atoms with Crippen molar-refractivity contribution >= 4 is 39.0 Å². The number of fused-ring (bicyclic) bond motifs is 2. The molecule has 2 aromatic rings. The highest BCUT2D eigenvalue weighted by Gasteiger charge is 2.43. The second-order valence-electron chi connectivity index (χ2n) is 8.99. The van der Waals surface area contributed by atoms with Gasteiger partial charge in [0.25, 0.3) is 0 Å². The van der Waals surface area contributed by atoms with E-state index in [9.17, 15) is 9.59 Å². The van der Waals surface area contributed by atoms with Crippen LogP contribution in [0, 0.1) is 5.41 Å². The lowest BCUT2D eigenvalue weighted by Gasteiger charge is -2.37. The predicted molar refractivity (Wildman–Crippen MR) is 121 cm³/mol. The molecule has 1 atom stereocenters. The van der Waals surface area contributed by atoms with Gasteiger partial charge in [0, 0.05) is 29.1 Å². The highest BCUT2D eigenvalue weighted by molar-refractivity contribution is 9.10. The van der Waals surface area contributed by atoms with Crippen LogP contribution < -0.4 is 19.7 Å². The predicted octanol–water partition coefficient (Wildman–Crippen LogP) is 5.34. The molecule has 0 saturated heterocycles. The Morgan fingerprint density at radius 1 is 1.16 bits per heavy atom. The lowest BCUT2D eigenvalue weighted by Crippen LogP contribution is -2.38. The summed E-state index contributed by atoms with van der Waals surface area (Å²) in [4.78, 5) is 28.3. The molecule has 0 radical (unpaired) electrons. The number of ether oxygens (including phenoxy) is 2. The molecule has 2 heterocycles. The molecule has 2 aliphatic heterocycles. The molecule has 3 aliphatic rings. The number of allylic oxidation sites excluding steroid dienone is 1. The molecule has 0 spiro atoms. The molecule has 1 unspecified atom stereocenters. The van der Waals surface area contributed by atoms with Gasteiger partial charge in [-0.05, 0) is 41.7 Å². The number of halogens is 1. The number of carbonyl (C=O) groups is 2. The maximum absolute atomic E-state index is 13.5. The minimum Gasteiger partial charge on any atom is -0.454 e. The van der Waals surface area contributed by atoms with Gasteiger partial charge in [-0.25, -0.2) is 0 Å². The van der Waals surface area contributed by atoms with Crippen LogP contribution in [0.3, 0.4) is 0 Å². The number of anilines is 2. The number of hydrogen-bond donors (Lipinski definition) is 1. The number of Topliss-reactive ketones (excluding diaryl/α,β-unsaturated/α-hetero) is 1. The normalized spacial score (nSPS) is 21.2. The fourth-order valence-corrected chi connectivity index (χ4v) is 5.31. The first-order valence-electron chi connectivity index (χ1n) is 10.3. The molecule has 0 aromatic heterocycles. The quantitative estimate of drug-likeness (QED) is 0.593. The molecule has 0 saturated carbocycles.